The SMILES string of the molecule is C[C@@H]1OC(OC(=O)C23CCC(C)(C)CC2C2=CCC4[C@@]5(C)CC[C@H](OC6O[C@@H](C)[C@H](O)[C@@H](O)[C@H]6O)CC5CC[C@@]4(C)[C@]2(C)CC3)[C@H](O)[C@H](O)[C@H]1O. The minimum absolute atomic E-state index is 0.00760. The highest BCUT2D eigenvalue weighted by Crippen LogP contribution is 2.74. The Labute approximate surface area is 303 Å². The molecule has 2 saturated heterocycles. The van der Waals surface area contributed by atoms with Crippen LogP contribution < -0.4 is 0 Å². The Morgan fingerprint density at radius 1 is 0.745 bits per heavy atom. The van der Waals surface area contributed by atoms with E-state index >= 15 is 0 Å². The Kier molecular flexibility index (Phi) is 9.70. The Bertz CT molecular complexity index is 1370. The van der Waals surface area contributed by atoms with Gasteiger partial charge in [-0.2, -0.15) is 0 Å². The molecule has 7 aliphatic rings. The predicted octanol–water partition coefficient (Wildman–Crippen LogP) is 3.74. The molecule has 4 saturated carbocycles. The standard InChI is InChI=1S/C40H64O11/c1-20-27(41)29(43)31(45)33(48-20)50-23-11-12-37(5)22(18-23)10-13-39(7)26(37)9-8-24-25-19-36(3,4)14-16-40(25,17-15-38(24,39)6)35(47)51-34-32(46)30(44)28(42)21(2)49-34/h8,20-23,25-34,41-46H,9-19H2,1-7H3/t20-,21-,22?,23-,25?,26?,27-,28-,29+,30+,31+,32+,33?,34?,37-,38+,39+,40?/m0/s1. The van der Waals surface area contributed by atoms with Crippen LogP contribution in [0.4, 0.5) is 0 Å². The van der Waals surface area contributed by atoms with E-state index < -0.39 is 66.8 Å². The number of allylic oxidation sites excluding steroid dienone is 2. The minimum atomic E-state index is -1.53. The molecule has 5 aliphatic carbocycles. The molecule has 0 spiro atoms. The summed E-state index contributed by atoms with van der Waals surface area (Å²) in [6.07, 6.45) is 0.379. The molecule has 0 amide bonds. The smallest absolute Gasteiger partial charge is 0.315 e. The predicted molar refractivity (Wildman–Crippen MR) is 186 cm³/mol. The second-order valence-electron chi connectivity index (χ2n) is 19.3. The highest BCUT2D eigenvalue weighted by molar-refractivity contribution is 5.79. The third kappa shape index (κ3) is 5.81. The molecule has 0 radical (unpaired) electrons. The molecule has 6 fully saturated rings. The molecule has 0 aromatic heterocycles. The third-order valence-corrected chi connectivity index (χ3v) is 16.2. The maximum atomic E-state index is 14.5. The molecule has 6 unspecified atom stereocenters. The Hall–Kier alpha value is -1.15. The van der Waals surface area contributed by atoms with Gasteiger partial charge in [-0.3, -0.25) is 4.79 Å². The van der Waals surface area contributed by atoms with Crippen LogP contribution in [0.1, 0.15) is 119 Å². The lowest BCUT2D eigenvalue weighted by molar-refractivity contribution is -0.310. The molecule has 2 heterocycles. The molecule has 0 aromatic carbocycles. The van der Waals surface area contributed by atoms with Gasteiger partial charge < -0.3 is 49.6 Å². The minimum Gasteiger partial charge on any atom is -0.432 e. The molecule has 11 heteroatoms. The zero-order valence-corrected chi connectivity index (χ0v) is 31.7. The first kappa shape index (κ1) is 38.1. The van der Waals surface area contributed by atoms with Crippen molar-refractivity contribution in [1.82, 2.24) is 0 Å². The van der Waals surface area contributed by atoms with Crippen molar-refractivity contribution in [2.75, 3.05) is 0 Å². The summed E-state index contributed by atoms with van der Waals surface area (Å²) in [5, 5.41) is 62.5. The molecular weight excluding hydrogens is 656 g/mol. The van der Waals surface area contributed by atoms with Crippen molar-refractivity contribution >= 4 is 5.97 Å². The zero-order chi connectivity index (χ0) is 37.1. The summed E-state index contributed by atoms with van der Waals surface area (Å²) in [6.45, 7) is 15.3. The maximum Gasteiger partial charge on any atom is 0.315 e. The number of aliphatic hydroxyl groups is 6. The Balaban J connectivity index is 1.13. The number of carbonyl (C=O) groups excluding carboxylic acids is 1. The molecule has 0 bridgehead atoms. The monoisotopic (exact) mass is 720 g/mol. The van der Waals surface area contributed by atoms with Gasteiger partial charge in [-0.15, -0.1) is 0 Å². The largest absolute Gasteiger partial charge is 0.432 e. The number of esters is 1. The van der Waals surface area contributed by atoms with Gasteiger partial charge >= 0.3 is 5.97 Å². The van der Waals surface area contributed by atoms with E-state index in [4.69, 9.17) is 18.9 Å². The van der Waals surface area contributed by atoms with Crippen molar-refractivity contribution in [3.05, 3.63) is 11.6 Å². The van der Waals surface area contributed by atoms with Crippen LogP contribution in [0.5, 0.6) is 0 Å². The van der Waals surface area contributed by atoms with Crippen molar-refractivity contribution < 1.29 is 54.4 Å². The first-order valence-corrected chi connectivity index (χ1v) is 19.7. The van der Waals surface area contributed by atoms with Crippen LogP contribution in [-0.2, 0) is 23.7 Å². The summed E-state index contributed by atoms with van der Waals surface area (Å²) < 4.78 is 23.9. The van der Waals surface area contributed by atoms with Gasteiger partial charge in [0, 0.05) is 0 Å². The zero-order valence-electron chi connectivity index (χ0n) is 31.7. The van der Waals surface area contributed by atoms with Crippen LogP contribution in [0.15, 0.2) is 11.6 Å². The highest BCUT2D eigenvalue weighted by Gasteiger charge is 2.68. The average molecular weight is 721 g/mol. The summed E-state index contributed by atoms with van der Waals surface area (Å²) in [5.74, 6) is 0.511. The molecule has 51 heavy (non-hydrogen) atoms. The number of carbonyl (C=O) groups is 1. The fraction of sp³-hybridized carbons (Fsp3) is 0.925. The molecule has 6 N–H and O–H groups in total. The van der Waals surface area contributed by atoms with Gasteiger partial charge in [0.15, 0.2) is 6.29 Å². The summed E-state index contributed by atoms with van der Waals surface area (Å²) in [7, 11) is 0. The van der Waals surface area contributed by atoms with E-state index in [1.165, 1.54) is 5.57 Å². The van der Waals surface area contributed by atoms with Gasteiger partial charge in [0.05, 0.1) is 23.7 Å². The Morgan fingerprint density at radius 3 is 2.02 bits per heavy atom. The molecule has 0 aromatic rings. The summed E-state index contributed by atoms with van der Waals surface area (Å²) in [4.78, 5) is 14.5. The number of ether oxygens (including phenoxy) is 4. The van der Waals surface area contributed by atoms with Crippen LogP contribution >= 0.6 is 0 Å². The highest BCUT2D eigenvalue weighted by atomic mass is 16.7. The lowest BCUT2D eigenvalue weighted by Crippen LogP contribution is -2.64. The van der Waals surface area contributed by atoms with Crippen LogP contribution in [0.3, 0.4) is 0 Å². The molecule has 290 valence electrons. The van der Waals surface area contributed by atoms with Crippen LogP contribution in [0, 0.1) is 44.8 Å². The molecule has 11 nitrogen and oxygen atoms in total. The normalized spacial score (nSPS) is 55.3. The fourth-order valence-electron chi connectivity index (χ4n) is 12.5. The lowest BCUT2D eigenvalue weighted by atomic mass is 9.35. The van der Waals surface area contributed by atoms with Crippen molar-refractivity contribution in [3.63, 3.8) is 0 Å². The van der Waals surface area contributed by atoms with Gasteiger partial charge in [-0.05, 0) is 124 Å². The first-order valence-electron chi connectivity index (χ1n) is 19.7. The van der Waals surface area contributed by atoms with Crippen molar-refractivity contribution in [2.45, 2.75) is 187 Å². The van der Waals surface area contributed by atoms with Gasteiger partial charge in [0.1, 0.15) is 36.6 Å². The second kappa shape index (κ2) is 13.0. The molecule has 18 atom stereocenters. The van der Waals surface area contributed by atoms with E-state index in [2.05, 4.69) is 40.7 Å². The van der Waals surface area contributed by atoms with Crippen LogP contribution in [-0.4, -0.2) is 104 Å². The van der Waals surface area contributed by atoms with E-state index in [1.54, 1.807) is 13.8 Å². The third-order valence-electron chi connectivity index (χ3n) is 16.2. The van der Waals surface area contributed by atoms with E-state index in [9.17, 15) is 35.4 Å². The number of hydrogen-bond donors (Lipinski definition) is 6. The van der Waals surface area contributed by atoms with E-state index in [1.807, 2.05) is 0 Å². The van der Waals surface area contributed by atoms with Gasteiger partial charge in [-0.1, -0.05) is 46.3 Å². The summed E-state index contributed by atoms with van der Waals surface area (Å²) >= 11 is 0. The molecule has 2 aliphatic heterocycles. The number of fused-ring (bicyclic) bond motifs is 7. The second-order valence-corrected chi connectivity index (χ2v) is 19.3. The van der Waals surface area contributed by atoms with E-state index in [0.29, 0.717) is 24.7 Å². The van der Waals surface area contributed by atoms with Crippen LogP contribution in [0.25, 0.3) is 0 Å². The first-order chi connectivity index (χ1) is 23.8. The van der Waals surface area contributed by atoms with Crippen molar-refractivity contribution in [1.29, 1.82) is 0 Å². The van der Waals surface area contributed by atoms with E-state index in [0.717, 1.165) is 57.8 Å². The topological polar surface area (TPSA) is 175 Å². The molecular formula is C40H64O11. The maximum absolute atomic E-state index is 14.5. The summed E-state index contributed by atoms with van der Waals surface area (Å²) in [5.41, 5.74) is 0.684. The van der Waals surface area contributed by atoms with Crippen molar-refractivity contribution in [2.24, 2.45) is 44.8 Å². The number of rotatable bonds is 4. The summed E-state index contributed by atoms with van der Waals surface area (Å²) in [6, 6.07) is 0. The lowest BCUT2D eigenvalue weighted by Gasteiger charge is -2.69. The van der Waals surface area contributed by atoms with E-state index in [-0.39, 0.29) is 39.7 Å². The molecule has 7 rings (SSSR count). The van der Waals surface area contributed by atoms with Crippen LogP contribution in [0.2, 0.25) is 0 Å². The number of aliphatic hydroxyl groups excluding tert-OH is 6. The average Bonchev–Trinajstić information content (AvgIpc) is 3.08. The van der Waals surface area contributed by atoms with Gasteiger partial charge in [0.2, 0.25) is 6.29 Å². The Morgan fingerprint density at radius 2 is 1.35 bits per heavy atom. The fourth-order valence-corrected chi connectivity index (χ4v) is 12.5. The quantitative estimate of drug-likeness (QED) is 0.142. The van der Waals surface area contributed by atoms with Crippen molar-refractivity contribution in [3.8, 4) is 0 Å². The van der Waals surface area contributed by atoms with Gasteiger partial charge in [0.25, 0.3) is 0 Å². The number of hydrogen-bond acceptors (Lipinski definition) is 11. The van der Waals surface area contributed by atoms with Gasteiger partial charge in [-0.25, -0.2) is 0 Å².